The van der Waals surface area contributed by atoms with Crippen LogP contribution in [0.4, 0.5) is 0 Å². The molecule has 328 valence electrons. The van der Waals surface area contributed by atoms with Gasteiger partial charge in [0, 0.05) is 66.6 Å². The third-order valence-corrected chi connectivity index (χ3v) is 17.5. The molecule has 0 bridgehead atoms. The van der Waals surface area contributed by atoms with Gasteiger partial charge in [0.05, 0.1) is 33.3 Å². The van der Waals surface area contributed by atoms with Crippen molar-refractivity contribution < 1.29 is 4.42 Å². The molecule has 0 fully saturated rings. The van der Waals surface area contributed by atoms with E-state index in [4.69, 9.17) is 14.4 Å². The summed E-state index contributed by atoms with van der Waals surface area (Å²) < 4.78 is 9.21. The molecule has 4 nitrogen and oxygen atoms in total. The summed E-state index contributed by atoms with van der Waals surface area (Å²) >= 11 is 1.89. The summed E-state index contributed by atoms with van der Waals surface area (Å²) in [6.07, 6.45) is 3.95. The first kappa shape index (κ1) is 38.1. The Morgan fingerprint density at radius 3 is 1.82 bits per heavy atom. The van der Waals surface area contributed by atoms with E-state index in [2.05, 4.69) is 217 Å². The van der Waals surface area contributed by atoms with Crippen LogP contribution in [-0.2, 0) is 10.8 Å². The summed E-state index contributed by atoms with van der Waals surface area (Å²) in [5.41, 5.74) is 23.4. The molecule has 1 aliphatic heterocycles. The third kappa shape index (κ3) is 4.64. The molecule has 4 aliphatic rings. The second-order valence-corrected chi connectivity index (χ2v) is 20.6. The van der Waals surface area contributed by atoms with Crippen LogP contribution in [0.2, 0.25) is 0 Å². The van der Waals surface area contributed by atoms with Crippen molar-refractivity contribution in [1.29, 1.82) is 0 Å². The highest BCUT2D eigenvalue weighted by Crippen LogP contribution is 2.67. The molecule has 5 heterocycles. The topological polar surface area (TPSA) is 43.9 Å². The van der Waals surface area contributed by atoms with Gasteiger partial charge in [-0.05, 0) is 133 Å². The average molecular weight is 920 g/mol. The summed E-state index contributed by atoms with van der Waals surface area (Å²) in [6.45, 7) is 0. The Labute approximate surface area is 412 Å². The van der Waals surface area contributed by atoms with E-state index in [-0.39, 0.29) is 0 Å². The van der Waals surface area contributed by atoms with E-state index in [1.54, 1.807) is 0 Å². The van der Waals surface area contributed by atoms with Gasteiger partial charge < -0.3 is 8.98 Å². The van der Waals surface area contributed by atoms with Gasteiger partial charge in [-0.3, -0.25) is 9.97 Å². The van der Waals surface area contributed by atoms with Crippen LogP contribution in [0.15, 0.2) is 239 Å². The molecule has 9 aromatic carbocycles. The van der Waals surface area contributed by atoms with Crippen LogP contribution in [0, 0.1) is 0 Å². The van der Waals surface area contributed by atoms with Gasteiger partial charge in [-0.25, -0.2) is 0 Å². The quantitative estimate of drug-likeness (QED) is 0.173. The van der Waals surface area contributed by atoms with Crippen molar-refractivity contribution in [3.63, 3.8) is 0 Å². The number of pyridine rings is 2. The maximum absolute atomic E-state index is 6.86. The molecule has 71 heavy (non-hydrogen) atoms. The second-order valence-electron chi connectivity index (χ2n) is 19.5. The van der Waals surface area contributed by atoms with E-state index in [0.29, 0.717) is 0 Å². The van der Waals surface area contributed by atoms with Crippen LogP contribution in [0.25, 0.3) is 94.2 Å². The number of furan rings is 1. The molecule has 3 aliphatic carbocycles. The van der Waals surface area contributed by atoms with E-state index in [1.807, 2.05) is 24.2 Å². The Kier molecular flexibility index (Phi) is 7.25. The first-order chi connectivity index (χ1) is 35.2. The van der Waals surface area contributed by atoms with Crippen molar-refractivity contribution in [2.24, 2.45) is 0 Å². The van der Waals surface area contributed by atoms with E-state index < -0.39 is 10.8 Å². The van der Waals surface area contributed by atoms with Gasteiger partial charge >= 0.3 is 0 Å². The highest BCUT2D eigenvalue weighted by Gasteiger charge is 2.56. The van der Waals surface area contributed by atoms with E-state index in [0.717, 1.165) is 66.8 Å². The van der Waals surface area contributed by atoms with Crippen molar-refractivity contribution in [2.45, 2.75) is 20.6 Å². The van der Waals surface area contributed by atoms with E-state index in [1.165, 1.54) is 81.7 Å². The van der Waals surface area contributed by atoms with Crippen molar-refractivity contribution >= 4 is 55.5 Å². The molecule has 17 rings (SSSR count). The third-order valence-electron chi connectivity index (χ3n) is 16.4. The number of fused-ring (bicyclic) bond motifs is 25. The minimum atomic E-state index is -0.685. The van der Waals surface area contributed by atoms with Crippen LogP contribution in [-0.4, -0.2) is 14.5 Å². The molecule has 5 heteroatoms. The van der Waals surface area contributed by atoms with E-state index >= 15 is 0 Å². The summed E-state index contributed by atoms with van der Waals surface area (Å²) in [6, 6.07) is 78.7. The van der Waals surface area contributed by atoms with Crippen LogP contribution in [0.1, 0.15) is 44.5 Å². The largest absolute Gasteiger partial charge is 0.456 e. The zero-order valence-corrected chi connectivity index (χ0v) is 38.8. The Morgan fingerprint density at radius 2 is 1.01 bits per heavy atom. The molecule has 1 atom stereocenters. The highest BCUT2D eigenvalue weighted by molar-refractivity contribution is 7.99. The Bertz CT molecular complexity index is 4480. The number of hydrogen-bond acceptors (Lipinski definition) is 4. The van der Waals surface area contributed by atoms with Gasteiger partial charge in [0.15, 0.2) is 0 Å². The summed E-state index contributed by atoms with van der Waals surface area (Å²) in [5, 5.41) is 4.63. The summed E-state index contributed by atoms with van der Waals surface area (Å²) in [5.74, 6) is 0. The van der Waals surface area contributed by atoms with E-state index in [9.17, 15) is 0 Å². The van der Waals surface area contributed by atoms with Crippen molar-refractivity contribution in [3.05, 3.63) is 269 Å². The molecule has 0 saturated carbocycles. The molecule has 0 radical (unpaired) electrons. The fraction of sp³-hybridized carbons (Fsp3) is 0.0303. The first-order valence-electron chi connectivity index (χ1n) is 24.4. The van der Waals surface area contributed by atoms with Crippen molar-refractivity contribution in [2.75, 3.05) is 0 Å². The van der Waals surface area contributed by atoms with Gasteiger partial charge in [-0.1, -0.05) is 151 Å². The van der Waals surface area contributed by atoms with Crippen LogP contribution in [0.5, 0.6) is 0 Å². The monoisotopic (exact) mass is 919 g/mol. The number of para-hydroxylation sites is 2. The van der Waals surface area contributed by atoms with Crippen molar-refractivity contribution in [1.82, 2.24) is 14.5 Å². The maximum Gasteiger partial charge on any atom is 0.137 e. The lowest BCUT2D eigenvalue weighted by molar-refractivity contribution is 0.669. The smallest absolute Gasteiger partial charge is 0.137 e. The zero-order valence-electron chi connectivity index (χ0n) is 38.0. The minimum Gasteiger partial charge on any atom is -0.456 e. The molecular weight excluding hydrogens is 883 g/mol. The fourth-order valence-electron chi connectivity index (χ4n) is 13.6. The van der Waals surface area contributed by atoms with Gasteiger partial charge in [0.1, 0.15) is 11.2 Å². The Hall–Kier alpha value is -8.77. The van der Waals surface area contributed by atoms with Gasteiger partial charge in [0.25, 0.3) is 0 Å². The van der Waals surface area contributed by atoms with Gasteiger partial charge in [-0.2, -0.15) is 0 Å². The zero-order chi connectivity index (χ0) is 46.2. The SMILES string of the molecule is c1ccc(-n2c3ccccc3c3cc4c(cc32)oc2cc(-c3cnc5c(c3)C3(c6ccccc6Sc6cc7c(cc63)-c3ccccc3C73c6ccccc6-c6ccccc63)c3cccnc3-5)ccc24)cc1. The Morgan fingerprint density at radius 1 is 0.366 bits per heavy atom. The molecule has 1 unspecified atom stereocenters. The van der Waals surface area contributed by atoms with Crippen LogP contribution < -0.4 is 0 Å². The first-order valence-corrected chi connectivity index (χ1v) is 25.2. The maximum atomic E-state index is 6.86. The standard InChI is InChI=1S/C66H37N3OS/c1-2-15-40(16-3-1)69-57-26-12-7-20-44(57)47-33-48-45-29-28-38(32-59(45)70-60(48)36-58(47)69)39-31-56-64(68-37-39)63-53(25-14-30-67-63)66(56)52-24-11-13-27-61(52)71-62-35-54-46(34-55(62)66)43-19-6-10-23-51(43)65(54)49-21-8-4-17-41(49)42-18-5-9-22-50(42)65/h1-37H. The number of rotatable bonds is 2. The second kappa shape index (κ2) is 13.5. The van der Waals surface area contributed by atoms with Gasteiger partial charge in [-0.15, -0.1) is 0 Å². The molecule has 2 spiro atoms. The van der Waals surface area contributed by atoms with Crippen LogP contribution in [0.3, 0.4) is 0 Å². The number of benzene rings is 9. The molecule has 13 aromatic rings. The lowest BCUT2D eigenvalue weighted by Crippen LogP contribution is -2.33. The lowest BCUT2D eigenvalue weighted by Gasteiger charge is -2.40. The van der Waals surface area contributed by atoms with Crippen molar-refractivity contribution in [3.8, 4) is 50.5 Å². The molecule has 0 saturated heterocycles. The predicted octanol–water partition coefficient (Wildman–Crippen LogP) is 16.3. The predicted molar refractivity (Wildman–Crippen MR) is 287 cm³/mol. The number of aromatic nitrogens is 3. The number of nitrogens with zero attached hydrogens (tertiary/aromatic N) is 3. The lowest BCUT2D eigenvalue weighted by atomic mass is 9.66. The molecular formula is C66H37N3OS. The van der Waals surface area contributed by atoms with Gasteiger partial charge in [0.2, 0.25) is 0 Å². The highest BCUT2D eigenvalue weighted by atomic mass is 32.2. The molecule has 4 aromatic heterocycles. The minimum absolute atomic E-state index is 0.443. The normalized spacial score (nSPS) is 16.0. The molecule has 0 N–H and O–H groups in total. The number of hydrogen-bond donors (Lipinski definition) is 0. The van der Waals surface area contributed by atoms with Crippen LogP contribution >= 0.6 is 11.8 Å². The fourth-order valence-corrected chi connectivity index (χ4v) is 14.8. The summed E-state index contributed by atoms with van der Waals surface area (Å²) in [7, 11) is 0. The summed E-state index contributed by atoms with van der Waals surface area (Å²) in [4.78, 5) is 13.1. The average Bonchev–Trinajstić information content (AvgIpc) is 4.21. The molecule has 0 amide bonds. The Balaban J connectivity index is 0.890.